The monoisotopic (exact) mass is 179 g/mol. The van der Waals surface area contributed by atoms with Crippen molar-refractivity contribution in [2.75, 3.05) is 18.5 Å². The molecule has 0 fully saturated rings. The molecule has 0 aromatic heterocycles. The molecule has 0 saturated carbocycles. The SMILES string of the molecule is Cc1cccc(N(C)C[C@H](C)O)c1. The van der Waals surface area contributed by atoms with E-state index in [1.54, 1.807) is 6.92 Å². The minimum Gasteiger partial charge on any atom is -0.392 e. The van der Waals surface area contributed by atoms with Crippen LogP contribution in [0.4, 0.5) is 5.69 Å². The van der Waals surface area contributed by atoms with E-state index in [1.807, 2.05) is 13.1 Å². The van der Waals surface area contributed by atoms with Crippen molar-refractivity contribution < 1.29 is 5.11 Å². The number of hydrogen-bond donors (Lipinski definition) is 1. The molecular weight excluding hydrogens is 162 g/mol. The smallest absolute Gasteiger partial charge is 0.0686 e. The van der Waals surface area contributed by atoms with Gasteiger partial charge in [-0.25, -0.2) is 0 Å². The van der Waals surface area contributed by atoms with Gasteiger partial charge in [-0.3, -0.25) is 0 Å². The van der Waals surface area contributed by atoms with E-state index >= 15 is 0 Å². The number of rotatable bonds is 3. The average molecular weight is 179 g/mol. The average Bonchev–Trinajstić information content (AvgIpc) is 2.03. The molecule has 0 spiro atoms. The van der Waals surface area contributed by atoms with Crippen LogP contribution in [0.25, 0.3) is 0 Å². The second-order valence-electron chi connectivity index (χ2n) is 3.57. The lowest BCUT2D eigenvalue weighted by atomic mass is 10.2. The van der Waals surface area contributed by atoms with Crippen molar-refractivity contribution in [3.63, 3.8) is 0 Å². The second kappa shape index (κ2) is 4.28. The Morgan fingerprint density at radius 3 is 2.69 bits per heavy atom. The van der Waals surface area contributed by atoms with Gasteiger partial charge >= 0.3 is 0 Å². The summed E-state index contributed by atoms with van der Waals surface area (Å²) in [4.78, 5) is 2.05. The Hall–Kier alpha value is -1.02. The highest BCUT2D eigenvalue weighted by Crippen LogP contribution is 2.14. The molecule has 1 N–H and O–H groups in total. The van der Waals surface area contributed by atoms with Crippen LogP contribution in [0.3, 0.4) is 0 Å². The largest absolute Gasteiger partial charge is 0.392 e. The standard InChI is InChI=1S/C11H17NO/c1-9-5-4-6-11(7-9)12(3)8-10(2)13/h4-7,10,13H,8H2,1-3H3/t10-/m0/s1. The Morgan fingerprint density at radius 2 is 2.15 bits per heavy atom. The van der Waals surface area contributed by atoms with Gasteiger partial charge in [-0.15, -0.1) is 0 Å². The summed E-state index contributed by atoms with van der Waals surface area (Å²) in [5, 5.41) is 9.21. The lowest BCUT2D eigenvalue weighted by molar-refractivity contribution is 0.201. The number of nitrogens with zero attached hydrogens (tertiary/aromatic N) is 1. The fraction of sp³-hybridized carbons (Fsp3) is 0.455. The highest BCUT2D eigenvalue weighted by molar-refractivity contribution is 5.47. The lowest BCUT2D eigenvalue weighted by Crippen LogP contribution is -2.26. The quantitative estimate of drug-likeness (QED) is 0.765. The molecule has 0 aliphatic heterocycles. The summed E-state index contributed by atoms with van der Waals surface area (Å²) in [7, 11) is 1.99. The summed E-state index contributed by atoms with van der Waals surface area (Å²) >= 11 is 0. The maximum Gasteiger partial charge on any atom is 0.0686 e. The summed E-state index contributed by atoms with van der Waals surface area (Å²) in [6, 6.07) is 8.26. The van der Waals surface area contributed by atoms with Crippen molar-refractivity contribution in [1.29, 1.82) is 0 Å². The van der Waals surface area contributed by atoms with E-state index in [0.717, 1.165) is 5.69 Å². The van der Waals surface area contributed by atoms with Gasteiger partial charge in [0, 0.05) is 19.3 Å². The number of aliphatic hydroxyl groups is 1. The fourth-order valence-electron chi connectivity index (χ4n) is 1.37. The normalized spacial score (nSPS) is 12.6. The number of aryl methyl sites for hydroxylation is 1. The van der Waals surface area contributed by atoms with Gasteiger partial charge in [-0.05, 0) is 31.5 Å². The Labute approximate surface area is 79.8 Å². The Kier molecular flexibility index (Phi) is 3.32. The zero-order valence-corrected chi connectivity index (χ0v) is 8.49. The number of aliphatic hydroxyl groups excluding tert-OH is 1. The van der Waals surface area contributed by atoms with Crippen molar-refractivity contribution in [3.8, 4) is 0 Å². The molecule has 2 nitrogen and oxygen atoms in total. The Morgan fingerprint density at radius 1 is 1.46 bits per heavy atom. The van der Waals surface area contributed by atoms with Crippen LogP contribution >= 0.6 is 0 Å². The number of anilines is 1. The third-order valence-corrected chi connectivity index (χ3v) is 1.98. The Bertz CT molecular complexity index is 271. The van der Waals surface area contributed by atoms with Crippen LogP contribution in [0, 0.1) is 6.92 Å². The minimum absolute atomic E-state index is 0.287. The van der Waals surface area contributed by atoms with Gasteiger partial charge in [0.05, 0.1) is 6.10 Å². The first-order valence-electron chi connectivity index (χ1n) is 4.55. The third-order valence-electron chi connectivity index (χ3n) is 1.98. The summed E-state index contributed by atoms with van der Waals surface area (Å²) in [6.07, 6.45) is -0.287. The molecule has 72 valence electrons. The molecule has 2 heteroatoms. The number of benzene rings is 1. The highest BCUT2D eigenvalue weighted by Gasteiger charge is 2.03. The topological polar surface area (TPSA) is 23.5 Å². The van der Waals surface area contributed by atoms with Gasteiger partial charge in [-0.1, -0.05) is 12.1 Å². The molecule has 13 heavy (non-hydrogen) atoms. The van der Waals surface area contributed by atoms with Crippen LogP contribution in [-0.2, 0) is 0 Å². The van der Waals surface area contributed by atoms with Crippen LogP contribution in [0.1, 0.15) is 12.5 Å². The van der Waals surface area contributed by atoms with E-state index < -0.39 is 0 Å². The van der Waals surface area contributed by atoms with Crippen molar-refractivity contribution in [2.24, 2.45) is 0 Å². The molecular formula is C11H17NO. The summed E-state index contributed by atoms with van der Waals surface area (Å²) in [5.41, 5.74) is 2.40. The maximum atomic E-state index is 9.21. The Balaban J connectivity index is 2.71. The van der Waals surface area contributed by atoms with Crippen molar-refractivity contribution in [3.05, 3.63) is 29.8 Å². The van der Waals surface area contributed by atoms with Crippen LogP contribution in [0.5, 0.6) is 0 Å². The van der Waals surface area contributed by atoms with E-state index in [9.17, 15) is 5.11 Å². The van der Waals surface area contributed by atoms with E-state index in [1.165, 1.54) is 5.56 Å². The summed E-state index contributed by atoms with van der Waals surface area (Å²) in [6.45, 7) is 4.54. The minimum atomic E-state index is -0.287. The number of likely N-dealkylation sites (N-methyl/N-ethyl adjacent to an activating group) is 1. The number of hydrogen-bond acceptors (Lipinski definition) is 2. The molecule has 0 heterocycles. The molecule has 0 aliphatic rings. The van der Waals surface area contributed by atoms with Crippen LogP contribution in [0.15, 0.2) is 24.3 Å². The molecule has 1 aromatic carbocycles. The molecule has 0 amide bonds. The van der Waals surface area contributed by atoms with Gasteiger partial charge in [0.15, 0.2) is 0 Å². The fourth-order valence-corrected chi connectivity index (χ4v) is 1.37. The predicted octanol–water partition coefficient (Wildman–Crippen LogP) is 1.81. The van der Waals surface area contributed by atoms with Gasteiger partial charge in [0.25, 0.3) is 0 Å². The van der Waals surface area contributed by atoms with Crippen LogP contribution in [0.2, 0.25) is 0 Å². The molecule has 1 rings (SSSR count). The van der Waals surface area contributed by atoms with Gasteiger partial charge in [0.2, 0.25) is 0 Å². The first-order chi connectivity index (χ1) is 6.09. The summed E-state index contributed by atoms with van der Waals surface area (Å²) < 4.78 is 0. The lowest BCUT2D eigenvalue weighted by Gasteiger charge is -2.21. The van der Waals surface area contributed by atoms with Crippen molar-refractivity contribution in [2.45, 2.75) is 20.0 Å². The zero-order valence-electron chi connectivity index (χ0n) is 8.49. The second-order valence-corrected chi connectivity index (χ2v) is 3.57. The molecule has 0 unspecified atom stereocenters. The first-order valence-corrected chi connectivity index (χ1v) is 4.55. The molecule has 1 aromatic rings. The zero-order chi connectivity index (χ0) is 9.84. The van der Waals surface area contributed by atoms with E-state index in [4.69, 9.17) is 0 Å². The molecule has 0 bridgehead atoms. The predicted molar refractivity (Wildman–Crippen MR) is 56.1 cm³/mol. The van der Waals surface area contributed by atoms with E-state index in [-0.39, 0.29) is 6.10 Å². The van der Waals surface area contributed by atoms with Crippen LogP contribution in [-0.4, -0.2) is 24.8 Å². The van der Waals surface area contributed by atoms with Gasteiger partial charge in [0.1, 0.15) is 0 Å². The molecule has 0 aliphatic carbocycles. The third kappa shape index (κ3) is 3.07. The van der Waals surface area contributed by atoms with E-state index in [0.29, 0.717) is 6.54 Å². The van der Waals surface area contributed by atoms with Crippen molar-refractivity contribution >= 4 is 5.69 Å². The van der Waals surface area contributed by atoms with Crippen molar-refractivity contribution in [1.82, 2.24) is 0 Å². The molecule has 0 saturated heterocycles. The maximum absolute atomic E-state index is 9.21. The highest BCUT2D eigenvalue weighted by atomic mass is 16.3. The van der Waals surface area contributed by atoms with E-state index in [2.05, 4.69) is 30.0 Å². The summed E-state index contributed by atoms with van der Waals surface area (Å²) in [5.74, 6) is 0. The molecule has 0 radical (unpaired) electrons. The first kappa shape index (κ1) is 10.1. The van der Waals surface area contributed by atoms with Gasteiger partial charge < -0.3 is 10.0 Å². The van der Waals surface area contributed by atoms with Gasteiger partial charge in [-0.2, -0.15) is 0 Å². The molecule has 1 atom stereocenters. The van der Waals surface area contributed by atoms with Crippen LogP contribution < -0.4 is 4.90 Å².